The number of aryl methyl sites for hydroxylation is 1. The number of nitrogens with zero attached hydrogens (tertiary/aromatic N) is 1. The molecular weight excluding hydrogens is 310 g/mol. The second kappa shape index (κ2) is 6.66. The van der Waals surface area contributed by atoms with Gasteiger partial charge in [-0.25, -0.2) is 0 Å². The summed E-state index contributed by atoms with van der Waals surface area (Å²) in [7, 11) is 0. The Labute approximate surface area is 141 Å². The molecule has 0 aromatic carbocycles. The summed E-state index contributed by atoms with van der Waals surface area (Å²) < 4.78 is 11.6. The van der Waals surface area contributed by atoms with Crippen LogP contribution in [0.4, 0.5) is 0 Å². The van der Waals surface area contributed by atoms with E-state index in [1.165, 1.54) is 6.92 Å². The van der Waals surface area contributed by atoms with Gasteiger partial charge < -0.3 is 24.7 Å². The first-order valence-electron chi connectivity index (χ1n) is 8.35. The summed E-state index contributed by atoms with van der Waals surface area (Å²) in [5, 5.41) is 3.31. The number of hydrogen-bond donors (Lipinski definition) is 2. The SMILES string of the molecule is CC(=O)c1[nH]c(C)c(C(=O)N2CCOC3(CNCCOC3)C2)c1C. The number of hydrogen-bond acceptors (Lipinski definition) is 5. The predicted molar refractivity (Wildman–Crippen MR) is 88.5 cm³/mol. The number of carbonyl (C=O) groups is 2. The van der Waals surface area contributed by atoms with Crippen LogP contribution in [-0.4, -0.2) is 73.2 Å². The van der Waals surface area contributed by atoms with Gasteiger partial charge >= 0.3 is 0 Å². The maximum absolute atomic E-state index is 13.1. The number of amides is 1. The normalized spacial score (nSPS) is 24.9. The van der Waals surface area contributed by atoms with Crippen molar-refractivity contribution in [3.8, 4) is 0 Å². The van der Waals surface area contributed by atoms with E-state index in [2.05, 4.69) is 10.3 Å². The molecule has 0 aliphatic carbocycles. The summed E-state index contributed by atoms with van der Waals surface area (Å²) in [6.07, 6.45) is 0. The van der Waals surface area contributed by atoms with E-state index in [0.29, 0.717) is 50.7 Å². The molecule has 7 heteroatoms. The van der Waals surface area contributed by atoms with Crippen LogP contribution in [0.5, 0.6) is 0 Å². The highest BCUT2D eigenvalue weighted by Crippen LogP contribution is 2.25. The molecule has 0 radical (unpaired) electrons. The molecule has 7 nitrogen and oxygen atoms in total. The van der Waals surface area contributed by atoms with Crippen molar-refractivity contribution in [1.29, 1.82) is 0 Å². The Morgan fingerprint density at radius 1 is 1.25 bits per heavy atom. The van der Waals surface area contributed by atoms with Crippen molar-refractivity contribution in [3.63, 3.8) is 0 Å². The molecule has 3 heterocycles. The lowest BCUT2D eigenvalue weighted by Crippen LogP contribution is -2.59. The molecule has 1 atom stereocenters. The molecule has 2 fully saturated rings. The van der Waals surface area contributed by atoms with Gasteiger partial charge in [-0.15, -0.1) is 0 Å². The van der Waals surface area contributed by atoms with E-state index in [9.17, 15) is 9.59 Å². The lowest BCUT2D eigenvalue weighted by molar-refractivity contribution is -0.125. The molecule has 1 amide bonds. The monoisotopic (exact) mass is 335 g/mol. The second-order valence-electron chi connectivity index (χ2n) is 6.67. The maximum Gasteiger partial charge on any atom is 0.256 e. The second-order valence-corrected chi connectivity index (χ2v) is 6.67. The quantitative estimate of drug-likeness (QED) is 0.776. The Balaban J connectivity index is 1.83. The summed E-state index contributed by atoms with van der Waals surface area (Å²) in [6.45, 7) is 9.25. The van der Waals surface area contributed by atoms with Crippen molar-refractivity contribution in [1.82, 2.24) is 15.2 Å². The van der Waals surface area contributed by atoms with Gasteiger partial charge in [0.25, 0.3) is 5.91 Å². The van der Waals surface area contributed by atoms with Gasteiger partial charge in [0.05, 0.1) is 37.6 Å². The van der Waals surface area contributed by atoms with Crippen molar-refractivity contribution in [2.24, 2.45) is 0 Å². The summed E-state index contributed by atoms with van der Waals surface area (Å²) in [5.41, 5.74) is 2.07. The smallest absolute Gasteiger partial charge is 0.256 e. The summed E-state index contributed by atoms with van der Waals surface area (Å²) >= 11 is 0. The maximum atomic E-state index is 13.1. The highest BCUT2D eigenvalue weighted by molar-refractivity contribution is 6.02. The molecule has 1 aromatic rings. The summed E-state index contributed by atoms with van der Waals surface area (Å²) in [5.74, 6) is -0.116. The average Bonchev–Trinajstić information content (AvgIpc) is 2.71. The van der Waals surface area contributed by atoms with Gasteiger partial charge in [0.1, 0.15) is 5.60 Å². The van der Waals surface area contributed by atoms with Crippen LogP contribution in [0.3, 0.4) is 0 Å². The first-order chi connectivity index (χ1) is 11.4. The zero-order valence-corrected chi connectivity index (χ0v) is 14.5. The number of Topliss-reactive ketones (excluding diaryl/α,β-unsaturated/α-hetero) is 1. The number of aromatic amines is 1. The van der Waals surface area contributed by atoms with Crippen molar-refractivity contribution in [3.05, 3.63) is 22.5 Å². The van der Waals surface area contributed by atoms with E-state index in [1.54, 1.807) is 0 Å². The molecule has 2 saturated heterocycles. The van der Waals surface area contributed by atoms with Crippen LogP contribution < -0.4 is 5.32 Å². The Morgan fingerprint density at radius 3 is 2.75 bits per heavy atom. The number of ether oxygens (including phenoxy) is 2. The Hall–Kier alpha value is -1.70. The summed E-state index contributed by atoms with van der Waals surface area (Å²) in [6, 6.07) is 0. The van der Waals surface area contributed by atoms with Crippen molar-refractivity contribution < 1.29 is 19.1 Å². The lowest BCUT2D eigenvalue weighted by atomic mass is 10.0. The molecule has 1 aromatic heterocycles. The van der Waals surface area contributed by atoms with Gasteiger partial charge in [0, 0.05) is 32.3 Å². The minimum absolute atomic E-state index is 0.0549. The number of ketones is 1. The molecule has 1 spiro atoms. The third-order valence-corrected chi connectivity index (χ3v) is 4.77. The largest absolute Gasteiger partial charge is 0.377 e. The van der Waals surface area contributed by atoms with Crippen molar-refractivity contribution in [2.75, 3.05) is 46.0 Å². The molecule has 1 unspecified atom stereocenters. The molecule has 0 bridgehead atoms. The van der Waals surface area contributed by atoms with Gasteiger partial charge in [0.2, 0.25) is 0 Å². The standard InChI is InChI=1S/C17H25N3O4/c1-11-14(12(2)19-15(11)13(3)21)16(22)20-5-7-24-17(9-20)8-18-4-6-23-10-17/h18-19H,4-10H2,1-3H3. The molecule has 2 aliphatic rings. The number of nitrogens with one attached hydrogen (secondary N) is 2. The minimum atomic E-state index is -0.494. The van der Waals surface area contributed by atoms with Crippen LogP contribution in [0.25, 0.3) is 0 Å². The number of morpholine rings is 1. The number of aromatic nitrogens is 1. The minimum Gasteiger partial charge on any atom is -0.377 e. The van der Waals surface area contributed by atoms with Crippen LogP contribution in [0, 0.1) is 13.8 Å². The average molecular weight is 335 g/mol. The molecule has 2 aliphatic heterocycles. The fourth-order valence-corrected chi connectivity index (χ4v) is 3.56. The number of rotatable bonds is 2. The molecule has 0 saturated carbocycles. The zero-order valence-electron chi connectivity index (χ0n) is 14.5. The Morgan fingerprint density at radius 2 is 2.04 bits per heavy atom. The van der Waals surface area contributed by atoms with Gasteiger partial charge in [-0.05, 0) is 19.4 Å². The van der Waals surface area contributed by atoms with Gasteiger partial charge in [-0.2, -0.15) is 0 Å². The van der Waals surface area contributed by atoms with Crippen molar-refractivity contribution >= 4 is 11.7 Å². The van der Waals surface area contributed by atoms with Crippen LogP contribution >= 0.6 is 0 Å². The predicted octanol–water partition coefficient (Wildman–Crippen LogP) is 0.665. The Bertz CT molecular complexity index is 645. The third-order valence-electron chi connectivity index (χ3n) is 4.77. The number of carbonyl (C=O) groups excluding carboxylic acids is 2. The van der Waals surface area contributed by atoms with Crippen LogP contribution in [0.1, 0.15) is 39.0 Å². The molecule has 2 N–H and O–H groups in total. The lowest BCUT2D eigenvalue weighted by Gasteiger charge is -2.41. The molecule has 132 valence electrons. The summed E-state index contributed by atoms with van der Waals surface area (Å²) in [4.78, 5) is 29.6. The van der Waals surface area contributed by atoms with Crippen LogP contribution in [0.15, 0.2) is 0 Å². The van der Waals surface area contributed by atoms with Crippen LogP contribution in [-0.2, 0) is 9.47 Å². The fraction of sp³-hybridized carbons (Fsp3) is 0.647. The Kier molecular flexibility index (Phi) is 4.76. The van der Waals surface area contributed by atoms with E-state index in [0.717, 1.165) is 17.8 Å². The van der Waals surface area contributed by atoms with E-state index in [-0.39, 0.29) is 11.7 Å². The first-order valence-corrected chi connectivity index (χ1v) is 8.35. The highest BCUT2D eigenvalue weighted by atomic mass is 16.5. The molecule has 24 heavy (non-hydrogen) atoms. The van der Waals surface area contributed by atoms with Gasteiger partial charge in [0.15, 0.2) is 5.78 Å². The highest BCUT2D eigenvalue weighted by Gasteiger charge is 2.40. The first kappa shape index (κ1) is 17.1. The van der Waals surface area contributed by atoms with E-state index in [4.69, 9.17) is 9.47 Å². The van der Waals surface area contributed by atoms with Gasteiger partial charge in [-0.3, -0.25) is 9.59 Å². The molecule has 3 rings (SSSR count). The van der Waals surface area contributed by atoms with E-state index >= 15 is 0 Å². The molecular formula is C17H25N3O4. The topological polar surface area (TPSA) is 83.7 Å². The van der Waals surface area contributed by atoms with Crippen molar-refractivity contribution in [2.45, 2.75) is 26.4 Å². The third kappa shape index (κ3) is 3.11. The van der Waals surface area contributed by atoms with Crippen LogP contribution in [0.2, 0.25) is 0 Å². The number of H-pyrrole nitrogens is 1. The van der Waals surface area contributed by atoms with E-state index in [1.807, 2.05) is 18.7 Å². The van der Waals surface area contributed by atoms with E-state index < -0.39 is 5.60 Å². The zero-order chi connectivity index (χ0) is 17.3. The fourth-order valence-electron chi connectivity index (χ4n) is 3.56. The van der Waals surface area contributed by atoms with Gasteiger partial charge in [-0.1, -0.05) is 0 Å².